The number of aromatic nitrogens is 4. The van der Waals surface area contributed by atoms with Crippen LogP contribution in [-0.2, 0) is 0 Å². The van der Waals surface area contributed by atoms with Crippen molar-refractivity contribution < 1.29 is 4.39 Å². The van der Waals surface area contributed by atoms with E-state index in [1.807, 2.05) is 19.9 Å². The van der Waals surface area contributed by atoms with Gasteiger partial charge in [0.1, 0.15) is 18.5 Å². The van der Waals surface area contributed by atoms with E-state index in [1.54, 1.807) is 18.3 Å². The molecule has 0 saturated heterocycles. The number of hydrogen-bond donors (Lipinski definition) is 0. The molecule has 0 unspecified atom stereocenters. The summed E-state index contributed by atoms with van der Waals surface area (Å²) in [6.45, 7) is 4.01. The van der Waals surface area contributed by atoms with E-state index in [0.717, 1.165) is 22.6 Å². The molecule has 2 aromatic heterocycles. The summed E-state index contributed by atoms with van der Waals surface area (Å²) in [7, 11) is 0. The van der Waals surface area contributed by atoms with Gasteiger partial charge in [0.2, 0.25) is 0 Å². The molecule has 0 aliphatic heterocycles. The molecule has 0 amide bonds. The maximum Gasteiger partial charge on any atom is 0.141 e. The molecule has 0 aliphatic carbocycles. The highest BCUT2D eigenvalue weighted by Gasteiger charge is 2.09. The lowest BCUT2D eigenvalue weighted by molar-refractivity contribution is 0.627. The van der Waals surface area contributed by atoms with Crippen molar-refractivity contribution in [2.75, 3.05) is 0 Å². The third-order valence-corrected chi connectivity index (χ3v) is 3.29. The average Bonchev–Trinajstić information content (AvgIpc) is 3.07. The van der Waals surface area contributed by atoms with Crippen LogP contribution in [0.4, 0.5) is 4.39 Å². The van der Waals surface area contributed by atoms with Gasteiger partial charge in [-0.15, -0.1) is 10.2 Å². The SMILES string of the molecule is Cc1cc(/C=N/n2cnnc2)c(C)n1-c1ccc(F)cc1. The zero-order chi connectivity index (χ0) is 14.8. The summed E-state index contributed by atoms with van der Waals surface area (Å²) in [6, 6.07) is 8.47. The fourth-order valence-electron chi connectivity index (χ4n) is 2.29. The number of hydrogen-bond acceptors (Lipinski definition) is 3. The van der Waals surface area contributed by atoms with Crippen LogP contribution >= 0.6 is 0 Å². The molecule has 3 rings (SSSR count). The highest BCUT2D eigenvalue weighted by atomic mass is 19.1. The van der Waals surface area contributed by atoms with Gasteiger partial charge in [0.05, 0.1) is 6.21 Å². The lowest BCUT2D eigenvalue weighted by Gasteiger charge is -2.09. The molecule has 0 N–H and O–H groups in total. The first kappa shape index (κ1) is 13.2. The van der Waals surface area contributed by atoms with Crippen LogP contribution in [0.2, 0.25) is 0 Å². The number of rotatable bonds is 3. The van der Waals surface area contributed by atoms with E-state index in [0.29, 0.717) is 0 Å². The minimum atomic E-state index is -0.240. The summed E-state index contributed by atoms with van der Waals surface area (Å²) in [4.78, 5) is 0. The Morgan fingerprint density at radius 2 is 1.76 bits per heavy atom. The minimum absolute atomic E-state index is 0.240. The normalized spacial score (nSPS) is 11.4. The predicted octanol–water partition coefficient (Wildman–Crippen LogP) is 2.71. The van der Waals surface area contributed by atoms with Crippen LogP contribution in [0.3, 0.4) is 0 Å². The molecule has 1 aromatic carbocycles. The molecule has 5 nitrogen and oxygen atoms in total. The molecule has 0 atom stereocenters. The van der Waals surface area contributed by atoms with Crippen LogP contribution in [-0.4, -0.2) is 25.7 Å². The van der Waals surface area contributed by atoms with Crippen LogP contribution in [0.1, 0.15) is 17.0 Å². The summed E-state index contributed by atoms with van der Waals surface area (Å²) in [5.41, 5.74) is 4.01. The van der Waals surface area contributed by atoms with Crippen LogP contribution in [0.5, 0.6) is 0 Å². The Labute approximate surface area is 121 Å². The molecule has 6 heteroatoms. The van der Waals surface area contributed by atoms with Gasteiger partial charge in [-0.1, -0.05) is 0 Å². The number of benzene rings is 1. The molecule has 3 aromatic rings. The van der Waals surface area contributed by atoms with Gasteiger partial charge in [0.25, 0.3) is 0 Å². The van der Waals surface area contributed by atoms with Gasteiger partial charge in [-0.2, -0.15) is 5.10 Å². The molecule has 106 valence electrons. The van der Waals surface area contributed by atoms with E-state index < -0.39 is 0 Å². The van der Waals surface area contributed by atoms with Crippen LogP contribution in [0.25, 0.3) is 5.69 Å². The summed E-state index contributed by atoms with van der Waals surface area (Å²) in [5, 5.41) is 11.6. The standard InChI is InChI=1S/C15H14FN5/c1-11-7-13(8-19-20-9-17-18-10-20)12(2)21(11)15-5-3-14(16)4-6-15/h3-10H,1-2H3/b19-8+. The highest BCUT2D eigenvalue weighted by Crippen LogP contribution is 2.20. The Morgan fingerprint density at radius 3 is 2.43 bits per heavy atom. The molecule has 0 radical (unpaired) electrons. The number of aryl methyl sites for hydroxylation is 1. The molecule has 21 heavy (non-hydrogen) atoms. The van der Waals surface area contributed by atoms with Crippen LogP contribution in [0.15, 0.2) is 48.1 Å². The second-order valence-corrected chi connectivity index (χ2v) is 4.72. The summed E-state index contributed by atoms with van der Waals surface area (Å²) in [6.07, 6.45) is 4.80. The maximum absolute atomic E-state index is 13.0. The molecule has 0 aliphatic rings. The van der Waals surface area contributed by atoms with Gasteiger partial charge >= 0.3 is 0 Å². The van der Waals surface area contributed by atoms with Gasteiger partial charge in [-0.05, 0) is 44.2 Å². The van der Waals surface area contributed by atoms with Gasteiger partial charge < -0.3 is 4.57 Å². The van der Waals surface area contributed by atoms with Crippen molar-refractivity contribution in [2.45, 2.75) is 13.8 Å². The van der Waals surface area contributed by atoms with Crippen molar-refractivity contribution in [3.63, 3.8) is 0 Å². The fraction of sp³-hybridized carbons (Fsp3) is 0.133. The first-order valence-corrected chi connectivity index (χ1v) is 6.49. The van der Waals surface area contributed by atoms with E-state index in [-0.39, 0.29) is 5.82 Å². The zero-order valence-electron chi connectivity index (χ0n) is 11.7. The average molecular weight is 283 g/mol. The van der Waals surface area contributed by atoms with E-state index >= 15 is 0 Å². The Kier molecular flexibility index (Phi) is 3.35. The largest absolute Gasteiger partial charge is 0.318 e. The van der Waals surface area contributed by atoms with E-state index in [4.69, 9.17) is 0 Å². The summed E-state index contributed by atoms with van der Waals surface area (Å²) in [5.74, 6) is -0.240. The van der Waals surface area contributed by atoms with Gasteiger partial charge in [0, 0.05) is 22.6 Å². The highest BCUT2D eigenvalue weighted by molar-refractivity contribution is 5.82. The molecular weight excluding hydrogens is 269 g/mol. The smallest absolute Gasteiger partial charge is 0.141 e. The van der Waals surface area contributed by atoms with Crippen molar-refractivity contribution in [3.8, 4) is 5.69 Å². The number of halogens is 1. The predicted molar refractivity (Wildman–Crippen MR) is 78.2 cm³/mol. The Balaban J connectivity index is 1.98. The maximum atomic E-state index is 13.0. The van der Waals surface area contributed by atoms with Crippen molar-refractivity contribution in [2.24, 2.45) is 5.10 Å². The van der Waals surface area contributed by atoms with Gasteiger partial charge in [0.15, 0.2) is 0 Å². The van der Waals surface area contributed by atoms with Crippen molar-refractivity contribution in [1.29, 1.82) is 0 Å². The molecular formula is C15H14FN5. The van der Waals surface area contributed by atoms with Crippen LogP contribution < -0.4 is 0 Å². The fourth-order valence-corrected chi connectivity index (χ4v) is 2.29. The first-order valence-electron chi connectivity index (χ1n) is 6.49. The topological polar surface area (TPSA) is 48.0 Å². The summed E-state index contributed by atoms with van der Waals surface area (Å²) >= 11 is 0. The summed E-state index contributed by atoms with van der Waals surface area (Å²) < 4.78 is 16.6. The minimum Gasteiger partial charge on any atom is -0.318 e. The quantitative estimate of drug-likeness (QED) is 0.694. The first-order chi connectivity index (χ1) is 10.1. The molecule has 2 heterocycles. The Bertz CT molecular complexity index is 769. The van der Waals surface area contributed by atoms with E-state index in [2.05, 4.69) is 19.9 Å². The van der Waals surface area contributed by atoms with Gasteiger partial charge in [-0.25, -0.2) is 9.07 Å². The third-order valence-electron chi connectivity index (χ3n) is 3.29. The zero-order valence-corrected chi connectivity index (χ0v) is 11.7. The van der Waals surface area contributed by atoms with Crippen molar-refractivity contribution in [1.82, 2.24) is 19.4 Å². The molecule has 0 fully saturated rings. The van der Waals surface area contributed by atoms with Crippen molar-refractivity contribution in [3.05, 3.63) is 65.8 Å². The number of nitrogens with zero attached hydrogens (tertiary/aromatic N) is 5. The third kappa shape index (κ3) is 2.60. The second kappa shape index (κ2) is 5.32. The van der Waals surface area contributed by atoms with Gasteiger partial charge in [-0.3, -0.25) is 0 Å². The molecule has 0 spiro atoms. The molecule has 0 saturated carbocycles. The lowest BCUT2D eigenvalue weighted by atomic mass is 10.2. The monoisotopic (exact) mass is 283 g/mol. The Morgan fingerprint density at radius 1 is 1.10 bits per heavy atom. The van der Waals surface area contributed by atoms with Crippen LogP contribution in [0, 0.1) is 19.7 Å². The van der Waals surface area contributed by atoms with E-state index in [1.165, 1.54) is 29.5 Å². The Hall–Kier alpha value is -2.76. The lowest BCUT2D eigenvalue weighted by Crippen LogP contribution is -1.99. The molecule has 0 bridgehead atoms. The van der Waals surface area contributed by atoms with Crippen molar-refractivity contribution >= 4 is 6.21 Å². The van der Waals surface area contributed by atoms with E-state index in [9.17, 15) is 4.39 Å². The second-order valence-electron chi connectivity index (χ2n) is 4.72.